The third-order valence-corrected chi connectivity index (χ3v) is 3.33. The number of rotatable bonds is 1. The second-order valence-electron chi connectivity index (χ2n) is 4.43. The molecule has 2 rings (SSSR count). The predicted octanol–water partition coefficient (Wildman–Crippen LogP) is 2.06. The molecule has 2 atom stereocenters. The van der Waals surface area contributed by atoms with E-state index in [4.69, 9.17) is 0 Å². The molecular formula is C13H17NO. The lowest BCUT2D eigenvalue weighted by molar-refractivity contribution is -0.124. The predicted molar refractivity (Wildman–Crippen MR) is 60.9 cm³/mol. The van der Waals surface area contributed by atoms with Crippen LogP contribution in [0.25, 0.3) is 0 Å². The Kier molecular flexibility index (Phi) is 2.87. The van der Waals surface area contributed by atoms with Crippen molar-refractivity contribution in [2.75, 3.05) is 13.6 Å². The van der Waals surface area contributed by atoms with Crippen LogP contribution in [0.5, 0.6) is 0 Å². The van der Waals surface area contributed by atoms with Gasteiger partial charge in [-0.25, -0.2) is 0 Å². The number of Topliss-reactive ketones (excluding diaryl/α,β-unsaturated/α-hetero) is 1. The highest BCUT2D eigenvalue weighted by molar-refractivity contribution is 5.88. The summed E-state index contributed by atoms with van der Waals surface area (Å²) in [5, 5.41) is 0. The highest BCUT2D eigenvalue weighted by Gasteiger charge is 2.30. The second kappa shape index (κ2) is 4.15. The summed E-state index contributed by atoms with van der Waals surface area (Å²) in [6.07, 6.45) is 0.944. The molecule has 0 N–H and O–H groups in total. The van der Waals surface area contributed by atoms with Crippen LogP contribution < -0.4 is 0 Å². The van der Waals surface area contributed by atoms with Gasteiger partial charge in [0.25, 0.3) is 0 Å². The molecule has 1 aromatic rings. The lowest BCUT2D eigenvalue weighted by atomic mass is 9.85. The first-order chi connectivity index (χ1) is 7.18. The van der Waals surface area contributed by atoms with Crippen molar-refractivity contribution in [2.45, 2.75) is 25.3 Å². The number of hydrogen-bond acceptors (Lipinski definition) is 2. The Morgan fingerprint density at radius 1 is 1.27 bits per heavy atom. The topological polar surface area (TPSA) is 20.3 Å². The first-order valence-electron chi connectivity index (χ1n) is 5.46. The summed E-state index contributed by atoms with van der Waals surface area (Å²) in [5.41, 5.74) is 1.17. The highest BCUT2D eigenvalue weighted by Crippen LogP contribution is 2.27. The molecule has 0 radical (unpaired) electrons. The first kappa shape index (κ1) is 10.4. The molecule has 1 fully saturated rings. The smallest absolute Gasteiger partial charge is 0.154 e. The third kappa shape index (κ3) is 2.10. The molecule has 1 aliphatic heterocycles. The van der Waals surface area contributed by atoms with Crippen LogP contribution in [0.2, 0.25) is 0 Å². The zero-order chi connectivity index (χ0) is 10.8. The monoisotopic (exact) mass is 203 g/mol. The second-order valence-corrected chi connectivity index (χ2v) is 4.43. The maximum atomic E-state index is 11.9. The summed E-state index contributed by atoms with van der Waals surface area (Å²) in [5.74, 6) is 0.458. The van der Waals surface area contributed by atoms with Gasteiger partial charge in [0, 0.05) is 12.0 Å². The van der Waals surface area contributed by atoms with E-state index in [0.717, 1.165) is 6.42 Å². The number of piperidine rings is 1. The Labute approximate surface area is 90.9 Å². The van der Waals surface area contributed by atoms with Gasteiger partial charge in [0.05, 0.1) is 6.54 Å². The fourth-order valence-electron chi connectivity index (χ4n) is 2.17. The summed E-state index contributed by atoms with van der Waals surface area (Å²) in [6.45, 7) is 2.77. The molecule has 0 saturated carbocycles. The first-order valence-corrected chi connectivity index (χ1v) is 5.46. The molecule has 0 bridgehead atoms. The van der Waals surface area contributed by atoms with Crippen LogP contribution in [0.1, 0.15) is 24.8 Å². The SMILES string of the molecule is C[C@H]1C[C@H](c2ccccc2)C(=O)CN1C. The quantitative estimate of drug-likeness (QED) is 0.696. The molecule has 80 valence electrons. The van der Waals surface area contributed by atoms with Gasteiger partial charge < -0.3 is 0 Å². The zero-order valence-electron chi connectivity index (χ0n) is 9.31. The van der Waals surface area contributed by atoms with E-state index in [0.29, 0.717) is 18.4 Å². The average molecular weight is 203 g/mol. The van der Waals surface area contributed by atoms with Gasteiger partial charge in [-0.1, -0.05) is 30.3 Å². The number of hydrogen-bond donors (Lipinski definition) is 0. The van der Waals surface area contributed by atoms with E-state index in [-0.39, 0.29) is 5.92 Å². The molecule has 2 nitrogen and oxygen atoms in total. The van der Waals surface area contributed by atoms with E-state index in [1.54, 1.807) is 0 Å². The molecule has 1 aliphatic rings. The van der Waals surface area contributed by atoms with Crippen LogP contribution in [-0.2, 0) is 4.79 Å². The maximum Gasteiger partial charge on any atom is 0.154 e. The fraction of sp³-hybridized carbons (Fsp3) is 0.462. The van der Waals surface area contributed by atoms with Gasteiger partial charge in [-0.2, -0.15) is 0 Å². The third-order valence-electron chi connectivity index (χ3n) is 3.33. The van der Waals surface area contributed by atoms with Gasteiger partial charge in [0.15, 0.2) is 5.78 Å². The van der Waals surface area contributed by atoms with Gasteiger partial charge in [0.1, 0.15) is 0 Å². The lowest BCUT2D eigenvalue weighted by Crippen LogP contribution is -2.43. The van der Waals surface area contributed by atoms with Crippen molar-refractivity contribution in [3.05, 3.63) is 35.9 Å². The Morgan fingerprint density at radius 3 is 2.60 bits per heavy atom. The minimum absolute atomic E-state index is 0.109. The molecule has 0 amide bonds. The van der Waals surface area contributed by atoms with Crippen molar-refractivity contribution < 1.29 is 4.79 Å². The lowest BCUT2D eigenvalue weighted by Gasteiger charge is -2.34. The van der Waals surface area contributed by atoms with E-state index in [1.165, 1.54) is 5.56 Å². The standard InChI is InChI=1S/C13H17NO/c1-10-8-12(13(15)9-14(10)2)11-6-4-3-5-7-11/h3-7,10,12H,8-9H2,1-2H3/t10-,12+/m0/s1. The van der Waals surface area contributed by atoms with Crippen molar-refractivity contribution in [3.8, 4) is 0 Å². The summed E-state index contributed by atoms with van der Waals surface area (Å²) in [6, 6.07) is 10.6. The highest BCUT2D eigenvalue weighted by atomic mass is 16.1. The molecular weight excluding hydrogens is 186 g/mol. The van der Waals surface area contributed by atoms with Crippen molar-refractivity contribution >= 4 is 5.78 Å². The van der Waals surface area contributed by atoms with Crippen molar-refractivity contribution in [1.29, 1.82) is 0 Å². The largest absolute Gasteiger partial charge is 0.298 e. The number of nitrogens with zero attached hydrogens (tertiary/aromatic N) is 1. The minimum Gasteiger partial charge on any atom is -0.298 e. The molecule has 2 heteroatoms. The zero-order valence-corrected chi connectivity index (χ0v) is 9.31. The summed E-state index contributed by atoms with van der Waals surface area (Å²) >= 11 is 0. The Hall–Kier alpha value is -1.15. The normalized spacial score (nSPS) is 28.0. The van der Waals surface area contributed by atoms with Gasteiger partial charge in [0.2, 0.25) is 0 Å². The fourth-order valence-corrected chi connectivity index (χ4v) is 2.17. The van der Waals surface area contributed by atoms with Gasteiger partial charge in [-0.3, -0.25) is 9.69 Å². The molecule has 15 heavy (non-hydrogen) atoms. The van der Waals surface area contributed by atoms with Crippen molar-refractivity contribution in [1.82, 2.24) is 4.90 Å². The van der Waals surface area contributed by atoms with Crippen LogP contribution >= 0.6 is 0 Å². The van der Waals surface area contributed by atoms with E-state index < -0.39 is 0 Å². The number of carbonyl (C=O) groups excluding carboxylic acids is 1. The molecule has 0 aromatic heterocycles. The Bertz CT molecular complexity index is 347. The van der Waals surface area contributed by atoms with Crippen LogP contribution in [-0.4, -0.2) is 30.3 Å². The number of carbonyl (C=O) groups is 1. The number of ketones is 1. The molecule has 1 heterocycles. The molecule has 0 aliphatic carbocycles. The van der Waals surface area contributed by atoms with Crippen LogP contribution in [0.4, 0.5) is 0 Å². The van der Waals surface area contributed by atoms with E-state index in [2.05, 4.69) is 24.0 Å². The molecule has 1 saturated heterocycles. The average Bonchev–Trinajstić information content (AvgIpc) is 2.25. The number of likely N-dealkylation sites (tertiary alicyclic amines) is 1. The Balaban J connectivity index is 2.20. The summed E-state index contributed by atoms with van der Waals surface area (Å²) in [4.78, 5) is 14.0. The van der Waals surface area contributed by atoms with E-state index >= 15 is 0 Å². The summed E-state index contributed by atoms with van der Waals surface area (Å²) < 4.78 is 0. The van der Waals surface area contributed by atoms with E-state index in [1.807, 2.05) is 25.2 Å². The summed E-state index contributed by atoms with van der Waals surface area (Å²) in [7, 11) is 2.02. The maximum absolute atomic E-state index is 11.9. The molecule has 1 aromatic carbocycles. The van der Waals surface area contributed by atoms with Gasteiger partial charge in [-0.15, -0.1) is 0 Å². The Morgan fingerprint density at radius 2 is 1.93 bits per heavy atom. The van der Waals surface area contributed by atoms with Crippen molar-refractivity contribution in [3.63, 3.8) is 0 Å². The van der Waals surface area contributed by atoms with Gasteiger partial charge >= 0.3 is 0 Å². The molecule has 0 spiro atoms. The van der Waals surface area contributed by atoms with Crippen LogP contribution in [0.15, 0.2) is 30.3 Å². The number of benzene rings is 1. The van der Waals surface area contributed by atoms with E-state index in [9.17, 15) is 4.79 Å². The van der Waals surface area contributed by atoms with Gasteiger partial charge in [-0.05, 0) is 26.0 Å². The molecule has 0 unspecified atom stereocenters. The van der Waals surface area contributed by atoms with Crippen molar-refractivity contribution in [2.24, 2.45) is 0 Å². The van der Waals surface area contributed by atoms with Crippen LogP contribution in [0, 0.1) is 0 Å². The van der Waals surface area contributed by atoms with Crippen LogP contribution in [0.3, 0.4) is 0 Å². The number of likely N-dealkylation sites (N-methyl/N-ethyl adjacent to an activating group) is 1. The minimum atomic E-state index is 0.109.